The first kappa shape index (κ1) is 19.5. The number of nitrogens with one attached hydrogen (secondary N) is 1. The Balaban J connectivity index is 1.67. The Hall–Kier alpha value is -3.28. The number of hydrogen-bond donors (Lipinski definition) is 1. The predicted octanol–water partition coefficient (Wildman–Crippen LogP) is 5.17. The average molecular weight is 380 g/mol. The summed E-state index contributed by atoms with van der Waals surface area (Å²) >= 11 is 0. The van der Waals surface area contributed by atoms with Crippen molar-refractivity contribution in [2.24, 2.45) is 0 Å². The zero-order valence-electron chi connectivity index (χ0n) is 16.1. The van der Waals surface area contributed by atoms with Gasteiger partial charge in [-0.1, -0.05) is 30.6 Å². The minimum Gasteiger partial charge on any atom is -0.494 e. The van der Waals surface area contributed by atoms with E-state index in [1.54, 1.807) is 18.2 Å². The zero-order valence-corrected chi connectivity index (χ0v) is 16.1. The van der Waals surface area contributed by atoms with E-state index < -0.39 is 0 Å². The highest BCUT2D eigenvalue weighted by molar-refractivity contribution is 6.04. The van der Waals surface area contributed by atoms with Crippen molar-refractivity contribution in [3.63, 3.8) is 0 Å². The molecule has 146 valence electrons. The van der Waals surface area contributed by atoms with Crippen LogP contribution >= 0.6 is 0 Å². The lowest BCUT2D eigenvalue weighted by atomic mass is 10.1. The van der Waals surface area contributed by atoms with Crippen molar-refractivity contribution in [2.75, 3.05) is 18.5 Å². The third-order valence-electron chi connectivity index (χ3n) is 4.08. The van der Waals surface area contributed by atoms with Crippen molar-refractivity contribution in [3.8, 4) is 22.8 Å². The van der Waals surface area contributed by atoms with E-state index in [1.165, 1.54) is 0 Å². The quantitative estimate of drug-likeness (QED) is 0.518. The highest BCUT2D eigenvalue weighted by Gasteiger charge is 2.15. The first-order valence-corrected chi connectivity index (χ1v) is 9.44. The van der Waals surface area contributed by atoms with E-state index in [-0.39, 0.29) is 11.6 Å². The van der Waals surface area contributed by atoms with Crippen molar-refractivity contribution in [3.05, 3.63) is 60.3 Å². The molecular weight excluding hydrogens is 356 g/mol. The number of aromatic nitrogens is 1. The summed E-state index contributed by atoms with van der Waals surface area (Å²) in [4.78, 5) is 12.5. The van der Waals surface area contributed by atoms with Gasteiger partial charge in [0.15, 0.2) is 11.5 Å². The second-order valence-electron chi connectivity index (χ2n) is 6.19. The van der Waals surface area contributed by atoms with Crippen LogP contribution in [0.4, 0.5) is 5.69 Å². The lowest BCUT2D eigenvalue weighted by molar-refractivity contribution is 0.101. The van der Waals surface area contributed by atoms with E-state index in [2.05, 4.69) is 17.4 Å². The van der Waals surface area contributed by atoms with Crippen molar-refractivity contribution >= 4 is 11.6 Å². The molecule has 28 heavy (non-hydrogen) atoms. The van der Waals surface area contributed by atoms with E-state index in [4.69, 9.17) is 14.0 Å². The van der Waals surface area contributed by atoms with Crippen molar-refractivity contribution in [2.45, 2.75) is 26.7 Å². The van der Waals surface area contributed by atoms with E-state index in [9.17, 15) is 4.79 Å². The first-order chi connectivity index (χ1) is 13.7. The van der Waals surface area contributed by atoms with Gasteiger partial charge in [-0.2, -0.15) is 0 Å². The van der Waals surface area contributed by atoms with Crippen LogP contribution in [0.2, 0.25) is 0 Å². The maximum Gasteiger partial charge on any atom is 0.277 e. The molecule has 0 saturated heterocycles. The number of amides is 1. The van der Waals surface area contributed by atoms with E-state index in [0.29, 0.717) is 30.4 Å². The Bertz CT molecular complexity index is 903. The van der Waals surface area contributed by atoms with Crippen LogP contribution in [0.25, 0.3) is 11.3 Å². The Morgan fingerprint density at radius 1 is 1.07 bits per heavy atom. The number of hydrogen-bond acceptors (Lipinski definition) is 5. The third-order valence-corrected chi connectivity index (χ3v) is 4.08. The van der Waals surface area contributed by atoms with Gasteiger partial charge in [0, 0.05) is 11.6 Å². The molecule has 1 amide bonds. The fourth-order valence-electron chi connectivity index (χ4n) is 2.61. The third kappa shape index (κ3) is 4.91. The highest BCUT2D eigenvalue weighted by Crippen LogP contribution is 2.26. The number of carbonyl (C=O) groups excluding carboxylic acids is 1. The molecule has 0 bridgehead atoms. The smallest absolute Gasteiger partial charge is 0.277 e. The van der Waals surface area contributed by atoms with Gasteiger partial charge in [-0.05, 0) is 49.7 Å². The molecule has 0 aliphatic carbocycles. The van der Waals surface area contributed by atoms with Gasteiger partial charge in [-0.25, -0.2) is 0 Å². The lowest BCUT2D eigenvalue weighted by Crippen LogP contribution is -2.13. The SMILES string of the molecule is CCCCOc1ccc(-c2cc(C(=O)Nc3ccccc3OCC)no2)cc1. The molecule has 0 unspecified atom stereocenters. The highest BCUT2D eigenvalue weighted by atomic mass is 16.5. The number of unbranched alkanes of at least 4 members (excludes halogenated alkanes) is 1. The van der Waals surface area contributed by atoms with Crippen LogP contribution in [0, 0.1) is 0 Å². The summed E-state index contributed by atoms with van der Waals surface area (Å²) < 4.78 is 16.5. The molecule has 1 heterocycles. The van der Waals surface area contributed by atoms with Gasteiger partial charge >= 0.3 is 0 Å². The maximum absolute atomic E-state index is 12.5. The minimum absolute atomic E-state index is 0.199. The monoisotopic (exact) mass is 380 g/mol. The second-order valence-corrected chi connectivity index (χ2v) is 6.19. The topological polar surface area (TPSA) is 73.6 Å². The molecule has 1 aromatic heterocycles. The Kier molecular flexibility index (Phi) is 6.68. The van der Waals surface area contributed by atoms with Gasteiger partial charge in [-0.3, -0.25) is 4.79 Å². The number of nitrogens with zero attached hydrogens (tertiary/aromatic N) is 1. The van der Waals surface area contributed by atoms with Gasteiger partial charge in [-0.15, -0.1) is 0 Å². The number of para-hydroxylation sites is 2. The number of anilines is 1. The van der Waals surface area contributed by atoms with Gasteiger partial charge < -0.3 is 19.3 Å². The molecule has 0 spiro atoms. The molecule has 0 aliphatic heterocycles. The van der Waals surface area contributed by atoms with E-state index in [0.717, 1.165) is 24.2 Å². The number of carbonyl (C=O) groups is 1. The fourth-order valence-corrected chi connectivity index (χ4v) is 2.61. The molecule has 0 aliphatic rings. The van der Waals surface area contributed by atoms with E-state index >= 15 is 0 Å². The summed E-state index contributed by atoms with van der Waals surface area (Å²) in [6.07, 6.45) is 2.12. The molecule has 6 heteroatoms. The molecule has 0 fully saturated rings. The summed E-state index contributed by atoms with van der Waals surface area (Å²) in [7, 11) is 0. The molecule has 3 aromatic rings. The van der Waals surface area contributed by atoms with Gasteiger partial charge in [0.05, 0.1) is 18.9 Å². The molecule has 0 radical (unpaired) electrons. The largest absolute Gasteiger partial charge is 0.494 e. The normalized spacial score (nSPS) is 10.5. The molecule has 3 rings (SSSR count). The number of benzene rings is 2. The minimum atomic E-state index is -0.360. The fraction of sp³-hybridized carbons (Fsp3) is 0.273. The zero-order chi connectivity index (χ0) is 19.8. The van der Waals surface area contributed by atoms with Crippen LogP contribution in [0.15, 0.2) is 59.1 Å². The van der Waals surface area contributed by atoms with Crippen LogP contribution in [-0.2, 0) is 0 Å². The van der Waals surface area contributed by atoms with Crippen LogP contribution in [0.1, 0.15) is 37.2 Å². The summed E-state index contributed by atoms with van der Waals surface area (Å²) in [5, 5.41) is 6.70. The number of ether oxygens (including phenoxy) is 2. The van der Waals surface area contributed by atoms with Crippen molar-refractivity contribution in [1.29, 1.82) is 0 Å². The van der Waals surface area contributed by atoms with Crippen molar-refractivity contribution in [1.82, 2.24) is 5.16 Å². The molecule has 0 saturated carbocycles. The van der Waals surface area contributed by atoms with Gasteiger partial charge in [0.2, 0.25) is 0 Å². The molecule has 1 N–H and O–H groups in total. The Morgan fingerprint density at radius 3 is 2.61 bits per heavy atom. The van der Waals surface area contributed by atoms with Crippen LogP contribution < -0.4 is 14.8 Å². The lowest BCUT2D eigenvalue weighted by Gasteiger charge is -2.09. The summed E-state index contributed by atoms with van der Waals surface area (Å²) in [5.74, 6) is 1.58. The molecule has 6 nitrogen and oxygen atoms in total. The Labute approximate surface area is 164 Å². The summed E-state index contributed by atoms with van der Waals surface area (Å²) in [5.41, 5.74) is 1.61. The molecule has 0 atom stereocenters. The maximum atomic E-state index is 12.5. The van der Waals surface area contributed by atoms with Gasteiger partial charge in [0.1, 0.15) is 11.5 Å². The first-order valence-electron chi connectivity index (χ1n) is 9.44. The number of rotatable bonds is 9. The van der Waals surface area contributed by atoms with Crippen molar-refractivity contribution < 1.29 is 18.8 Å². The van der Waals surface area contributed by atoms with Crippen LogP contribution in [0.5, 0.6) is 11.5 Å². The van der Waals surface area contributed by atoms with Crippen LogP contribution in [0.3, 0.4) is 0 Å². The van der Waals surface area contributed by atoms with Gasteiger partial charge in [0.25, 0.3) is 5.91 Å². The second kappa shape index (κ2) is 9.60. The van der Waals surface area contributed by atoms with Crippen LogP contribution in [-0.4, -0.2) is 24.3 Å². The predicted molar refractivity (Wildman–Crippen MR) is 108 cm³/mol. The summed E-state index contributed by atoms with van der Waals surface area (Å²) in [6, 6.07) is 16.4. The Morgan fingerprint density at radius 2 is 1.86 bits per heavy atom. The summed E-state index contributed by atoms with van der Waals surface area (Å²) in [6.45, 7) is 5.23. The molecular formula is C22H24N2O4. The van der Waals surface area contributed by atoms with E-state index in [1.807, 2.05) is 43.3 Å². The average Bonchev–Trinajstić information content (AvgIpc) is 3.21. The molecule has 2 aromatic carbocycles. The standard InChI is InChI=1S/C22H24N2O4/c1-3-5-14-27-17-12-10-16(11-13-17)21-15-19(24-28-21)22(25)23-18-8-6-7-9-20(18)26-4-2/h6-13,15H,3-5,14H2,1-2H3,(H,23,25).